The number of aliphatic hydroxyl groups excluding tert-OH is 1. The lowest BCUT2D eigenvalue weighted by molar-refractivity contribution is -0.137. The number of carboxylic acids is 1. The fourth-order valence-electron chi connectivity index (χ4n) is 1.17. The van der Waals surface area contributed by atoms with E-state index in [1.165, 1.54) is 0 Å². The fourth-order valence-corrected chi connectivity index (χ4v) is 1.17. The second kappa shape index (κ2) is 7.76. The second-order valence-electron chi connectivity index (χ2n) is 3.86. The largest absolute Gasteiger partial charge is 0.481 e. The first kappa shape index (κ1) is 13.4. The summed E-state index contributed by atoms with van der Waals surface area (Å²) in [6.45, 7) is 5.09. The molecule has 2 unspecified atom stereocenters. The average Bonchev–Trinajstić information content (AvgIpc) is 2.12. The van der Waals surface area contributed by atoms with Gasteiger partial charge in [-0.25, -0.2) is 0 Å². The van der Waals surface area contributed by atoms with E-state index in [0.717, 1.165) is 13.0 Å². The van der Waals surface area contributed by atoms with Gasteiger partial charge in [0.15, 0.2) is 0 Å². The summed E-state index contributed by atoms with van der Waals surface area (Å²) in [4.78, 5) is 10.3. The maximum atomic E-state index is 10.3. The van der Waals surface area contributed by atoms with Gasteiger partial charge in [-0.15, -0.1) is 0 Å². The molecule has 0 amide bonds. The molecule has 0 rings (SSSR count). The van der Waals surface area contributed by atoms with Crippen molar-refractivity contribution in [3.05, 3.63) is 0 Å². The van der Waals surface area contributed by atoms with Crippen molar-refractivity contribution in [3.8, 4) is 0 Å². The highest BCUT2D eigenvalue weighted by atomic mass is 16.4. The van der Waals surface area contributed by atoms with Crippen molar-refractivity contribution in [2.75, 3.05) is 13.2 Å². The molecule has 14 heavy (non-hydrogen) atoms. The van der Waals surface area contributed by atoms with Gasteiger partial charge >= 0.3 is 5.97 Å². The molecule has 0 bridgehead atoms. The zero-order valence-electron chi connectivity index (χ0n) is 8.99. The molecule has 0 saturated heterocycles. The molecule has 0 heterocycles. The van der Waals surface area contributed by atoms with Crippen LogP contribution >= 0.6 is 0 Å². The minimum absolute atomic E-state index is 0.211. The van der Waals surface area contributed by atoms with Gasteiger partial charge in [0, 0.05) is 19.1 Å². The first-order chi connectivity index (χ1) is 6.56. The zero-order chi connectivity index (χ0) is 11.0. The first-order valence-corrected chi connectivity index (χ1v) is 5.12. The molecule has 84 valence electrons. The molecule has 0 saturated carbocycles. The van der Waals surface area contributed by atoms with Crippen LogP contribution in [0, 0.1) is 5.92 Å². The monoisotopic (exact) mass is 203 g/mol. The van der Waals surface area contributed by atoms with Gasteiger partial charge in [0.25, 0.3) is 0 Å². The Labute approximate surface area is 85.3 Å². The Morgan fingerprint density at radius 1 is 1.36 bits per heavy atom. The SMILES string of the molecule is CC(CCO)CNC(C)CCC(=O)O. The number of carboxylic acid groups (broad SMARTS) is 1. The Balaban J connectivity index is 3.42. The van der Waals surface area contributed by atoms with Gasteiger partial charge in [-0.1, -0.05) is 6.92 Å². The van der Waals surface area contributed by atoms with Gasteiger partial charge in [-0.2, -0.15) is 0 Å². The van der Waals surface area contributed by atoms with Crippen molar-refractivity contribution >= 4 is 5.97 Å². The quantitative estimate of drug-likeness (QED) is 0.547. The Bertz CT molecular complexity index is 161. The van der Waals surface area contributed by atoms with Crippen molar-refractivity contribution in [1.82, 2.24) is 5.32 Å². The molecule has 0 spiro atoms. The minimum atomic E-state index is -0.748. The summed E-state index contributed by atoms with van der Waals surface area (Å²) in [6, 6.07) is 0.229. The lowest BCUT2D eigenvalue weighted by Gasteiger charge is -2.16. The third-order valence-corrected chi connectivity index (χ3v) is 2.23. The lowest BCUT2D eigenvalue weighted by atomic mass is 10.1. The molecule has 0 fully saturated rings. The highest BCUT2D eigenvalue weighted by Gasteiger charge is 2.06. The number of hydrogen-bond donors (Lipinski definition) is 3. The molecule has 0 aliphatic heterocycles. The van der Waals surface area contributed by atoms with Gasteiger partial charge in [0.05, 0.1) is 0 Å². The van der Waals surface area contributed by atoms with E-state index in [0.29, 0.717) is 12.3 Å². The molecule has 0 aliphatic rings. The normalized spacial score (nSPS) is 15.1. The molecule has 0 aromatic heterocycles. The summed E-state index contributed by atoms with van der Waals surface area (Å²) < 4.78 is 0. The van der Waals surface area contributed by atoms with Crippen molar-refractivity contribution in [1.29, 1.82) is 0 Å². The standard InChI is InChI=1S/C10H21NO3/c1-8(5-6-12)7-11-9(2)3-4-10(13)14/h8-9,11-12H,3-7H2,1-2H3,(H,13,14). The Morgan fingerprint density at radius 3 is 2.50 bits per heavy atom. The summed E-state index contributed by atoms with van der Waals surface area (Å²) in [5.74, 6) is -0.311. The average molecular weight is 203 g/mol. The summed E-state index contributed by atoms with van der Waals surface area (Å²) in [7, 11) is 0. The van der Waals surface area contributed by atoms with Crippen LogP contribution in [0.15, 0.2) is 0 Å². The summed E-state index contributed by atoms with van der Waals surface area (Å²) >= 11 is 0. The van der Waals surface area contributed by atoms with Crippen LogP contribution in [0.3, 0.4) is 0 Å². The maximum Gasteiger partial charge on any atom is 0.303 e. The van der Waals surface area contributed by atoms with Gasteiger partial charge in [0.2, 0.25) is 0 Å². The van der Waals surface area contributed by atoms with E-state index in [4.69, 9.17) is 10.2 Å². The minimum Gasteiger partial charge on any atom is -0.481 e. The molecule has 3 N–H and O–H groups in total. The highest BCUT2D eigenvalue weighted by molar-refractivity contribution is 5.66. The third-order valence-electron chi connectivity index (χ3n) is 2.23. The number of rotatable bonds is 8. The number of aliphatic hydroxyl groups is 1. The maximum absolute atomic E-state index is 10.3. The van der Waals surface area contributed by atoms with E-state index in [-0.39, 0.29) is 19.1 Å². The van der Waals surface area contributed by atoms with Crippen LogP contribution in [0.4, 0.5) is 0 Å². The molecular weight excluding hydrogens is 182 g/mol. The lowest BCUT2D eigenvalue weighted by Crippen LogP contribution is -2.31. The van der Waals surface area contributed by atoms with E-state index in [9.17, 15) is 4.79 Å². The van der Waals surface area contributed by atoms with Crippen LogP contribution in [0.25, 0.3) is 0 Å². The number of hydrogen-bond acceptors (Lipinski definition) is 3. The Morgan fingerprint density at radius 2 is 2.00 bits per heavy atom. The van der Waals surface area contributed by atoms with E-state index in [1.54, 1.807) is 0 Å². The molecule has 0 aliphatic carbocycles. The van der Waals surface area contributed by atoms with Crippen LogP contribution < -0.4 is 5.32 Å². The molecule has 0 aromatic rings. The van der Waals surface area contributed by atoms with E-state index >= 15 is 0 Å². The molecule has 4 nitrogen and oxygen atoms in total. The summed E-state index contributed by atoms with van der Waals surface area (Å²) in [5.41, 5.74) is 0. The first-order valence-electron chi connectivity index (χ1n) is 5.12. The van der Waals surface area contributed by atoms with Gasteiger partial charge in [-0.3, -0.25) is 4.79 Å². The summed E-state index contributed by atoms with van der Waals surface area (Å²) in [5, 5.41) is 20.4. The topological polar surface area (TPSA) is 69.6 Å². The summed E-state index contributed by atoms with van der Waals surface area (Å²) in [6.07, 6.45) is 1.66. The number of carbonyl (C=O) groups is 1. The predicted octanol–water partition coefficient (Wildman–Crippen LogP) is 0.848. The van der Waals surface area contributed by atoms with Gasteiger partial charge in [0.1, 0.15) is 0 Å². The number of nitrogens with one attached hydrogen (secondary N) is 1. The fraction of sp³-hybridized carbons (Fsp3) is 0.900. The van der Waals surface area contributed by atoms with Crippen LogP contribution in [0.5, 0.6) is 0 Å². The van der Waals surface area contributed by atoms with Crippen LogP contribution in [-0.2, 0) is 4.79 Å². The highest BCUT2D eigenvalue weighted by Crippen LogP contribution is 2.01. The molecule has 4 heteroatoms. The Kier molecular flexibility index (Phi) is 7.42. The van der Waals surface area contributed by atoms with Gasteiger partial charge in [-0.05, 0) is 32.2 Å². The van der Waals surface area contributed by atoms with Crippen LogP contribution in [0.1, 0.15) is 33.1 Å². The van der Waals surface area contributed by atoms with Crippen molar-refractivity contribution in [2.45, 2.75) is 39.2 Å². The van der Waals surface area contributed by atoms with E-state index in [1.807, 2.05) is 6.92 Å². The smallest absolute Gasteiger partial charge is 0.303 e. The number of aliphatic carboxylic acids is 1. The molecular formula is C10H21NO3. The Hall–Kier alpha value is -0.610. The second-order valence-corrected chi connectivity index (χ2v) is 3.86. The van der Waals surface area contributed by atoms with Crippen LogP contribution in [0.2, 0.25) is 0 Å². The van der Waals surface area contributed by atoms with Crippen molar-refractivity contribution in [3.63, 3.8) is 0 Å². The van der Waals surface area contributed by atoms with Crippen molar-refractivity contribution < 1.29 is 15.0 Å². The van der Waals surface area contributed by atoms with E-state index < -0.39 is 5.97 Å². The molecule has 0 aromatic carbocycles. The van der Waals surface area contributed by atoms with Gasteiger partial charge < -0.3 is 15.5 Å². The van der Waals surface area contributed by atoms with Crippen LogP contribution in [-0.4, -0.2) is 35.4 Å². The predicted molar refractivity (Wildman–Crippen MR) is 55.2 cm³/mol. The zero-order valence-corrected chi connectivity index (χ0v) is 8.99. The van der Waals surface area contributed by atoms with Crippen molar-refractivity contribution in [2.24, 2.45) is 5.92 Å². The third kappa shape index (κ3) is 8.01. The van der Waals surface area contributed by atoms with E-state index in [2.05, 4.69) is 12.2 Å². The molecule has 2 atom stereocenters. The molecule has 0 radical (unpaired) electrons.